The quantitative estimate of drug-likeness (QED) is 0.431. The van der Waals surface area contributed by atoms with E-state index in [0.29, 0.717) is 11.1 Å². The molecule has 1 unspecified atom stereocenters. The first kappa shape index (κ1) is 16.2. The van der Waals surface area contributed by atoms with E-state index < -0.39 is 17.7 Å². The summed E-state index contributed by atoms with van der Waals surface area (Å²) >= 11 is 1.14. The van der Waals surface area contributed by atoms with E-state index in [1.807, 2.05) is 0 Å². The van der Waals surface area contributed by atoms with Crippen molar-refractivity contribution in [3.05, 3.63) is 64.9 Å². The number of amides is 1. The van der Waals surface area contributed by atoms with Gasteiger partial charge in [0, 0.05) is 24.4 Å². The van der Waals surface area contributed by atoms with Gasteiger partial charge in [0.25, 0.3) is 5.78 Å². The van der Waals surface area contributed by atoms with Crippen molar-refractivity contribution in [1.82, 2.24) is 20.0 Å². The van der Waals surface area contributed by atoms with Crippen LogP contribution in [0, 0.1) is 0 Å². The van der Waals surface area contributed by atoms with E-state index in [0.717, 1.165) is 11.3 Å². The summed E-state index contributed by atoms with van der Waals surface area (Å²) in [6.07, 6.45) is 3.26. The summed E-state index contributed by atoms with van der Waals surface area (Å²) in [7, 11) is 1.73. The number of rotatable bonds is 3. The van der Waals surface area contributed by atoms with Crippen LogP contribution in [0.1, 0.15) is 17.2 Å². The van der Waals surface area contributed by atoms with Gasteiger partial charge in [-0.2, -0.15) is 5.10 Å². The van der Waals surface area contributed by atoms with Gasteiger partial charge < -0.3 is 5.11 Å². The lowest BCUT2D eigenvalue weighted by Gasteiger charge is -2.20. The van der Waals surface area contributed by atoms with Crippen LogP contribution in [0.5, 0.6) is 0 Å². The molecule has 1 aromatic carbocycles. The average molecular weight is 367 g/mol. The minimum absolute atomic E-state index is 0.00407. The number of aliphatic hydroxyl groups excluding tert-OH is 1. The Bertz CT molecular complexity index is 1010. The molecule has 1 N–H and O–H groups in total. The SMILES string of the molecule is Cn1cc(C2/C(=C(\O)c3ccccc3)C(=O)C(=O)N2c2nncs2)cn1. The van der Waals surface area contributed by atoms with E-state index >= 15 is 0 Å². The van der Waals surface area contributed by atoms with Gasteiger partial charge in [0.2, 0.25) is 5.13 Å². The molecule has 1 saturated heterocycles. The highest BCUT2D eigenvalue weighted by atomic mass is 32.1. The number of aryl methyl sites for hydroxylation is 1. The Labute approximate surface area is 152 Å². The molecule has 0 saturated carbocycles. The third-order valence-electron chi connectivity index (χ3n) is 4.09. The molecule has 8 nitrogen and oxygen atoms in total. The van der Waals surface area contributed by atoms with Crippen molar-refractivity contribution in [2.75, 3.05) is 4.90 Å². The maximum absolute atomic E-state index is 12.7. The van der Waals surface area contributed by atoms with Crippen LogP contribution in [0.2, 0.25) is 0 Å². The lowest BCUT2D eigenvalue weighted by atomic mass is 9.97. The van der Waals surface area contributed by atoms with Crippen molar-refractivity contribution in [2.45, 2.75) is 6.04 Å². The fraction of sp³-hybridized carbons (Fsp3) is 0.118. The van der Waals surface area contributed by atoms with Gasteiger partial charge in [-0.15, -0.1) is 10.2 Å². The molecule has 1 aliphatic rings. The molecule has 26 heavy (non-hydrogen) atoms. The van der Waals surface area contributed by atoms with Crippen molar-refractivity contribution >= 4 is 33.9 Å². The van der Waals surface area contributed by atoms with Gasteiger partial charge >= 0.3 is 5.91 Å². The van der Waals surface area contributed by atoms with Crippen LogP contribution in [0.25, 0.3) is 5.76 Å². The summed E-state index contributed by atoms with van der Waals surface area (Å²) in [5.41, 5.74) is 2.53. The standard InChI is InChI=1S/C17H13N5O3S/c1-21-8-11(7-19-21)13-12(14(23)10-5-3-2-4-6-10)15(24)16(25)22(13)17-20-18-9-26-17/h2-9,13,23H,1H3/b14-12+. The fourth-order valence-electron chi connectivity index (χ4n) is 2.95. The molecule has 1 atom stereocenters. The number of benzene rings is 1. The second-order valence-electron chi connectivity index (χ2n) is 5.70. The van der Waals surface area contributed by atoms with Crippen LogP contribution in [-0.4, -0.2) is 36.8 Å². The monoisotopic (exact) mass is 367 g/mol. The van der Waals surface area contributed by atoms with Crippen LogP contribution >= 0.6 is 11.3 Å². The van der Waals surface area contributed by atoms with Crippen LogP contribution in [-0.2, 0) is 16.6 Å². The third-order valence-corrected chi connectivity index (χ3v) is 4.78. The smallest absolute Gasteiger partial charge is 0.301 e. The van der Waals surface area contributed by atoms with E-state index in [2.05, 4.69) is 15.3 Å². The largest absolute Gasteiger partial charge is 0.507 e. The summed E-state index contributed by atoms with van der Waals surface area (Å²) in [4.78, 5) is 26.7. The summed E-state index contributed by atoms with van der Waals surface area (Å²) in [6.45, 7) is 0. The molecule has 0 aliphatic carbocycles. The minimum atomic E-state index is -0.822. The lowest BCUT2D eigenvalue weighted by Crippen LogP contribution is -2.29. The highest BCUT2D eigenvalue weighted by Crippen LogP contribution is 2.42. The summed E-state index contributed by atoms with van der Waals surface area (Å²) in [6, 6.07) is 7.82. The number of anilines is 1. The number of Topliss-reactive ketones (excluding diaryl/α,β-unsaturated/α-hetero) is 1. The molecule has 0 radical (unpaired) electrons. The zero-order chi connectivity index (χ0) is 18.3. The summed E-state index contributed by atoms with van der Waals surface area (Å²) in [5.74, 6) is -1.76. The zero-order valence-electron chi connectivity index (χ0n) is 13.6. The third kappa shape index (κ3) is 2.49. The molecule has 130 valence electrons. The van der Waals surface area contributed by atoms with Gasteiger partial charge in [0.15, 0.2) is 0 Å². The first-order valence-electron chi connectivity index (χ1n) is 7.69. The number of aliphatic hydroxyl groups is 1. The molecule has 1 aliphatic heterocycles. The van der Waals surface area contributed by atoms with Gasteiger partial charge in [-0.25, -0.2) is 0 Å². The highest BCUT2D eigenvalue weighted by molar-refractivity contribution is 7.13. The van der Waals surface area contributed by atoms with Crippen molar-refractivity contribution in [3.8, 4) is 0 Å². The Morgan fingerprint density at radius 3 is 2.62 bits per heavy atom. The summed E-state index contributed by atoms with van der Waals surface area (Å²) < 4.78 is 1.57. The predicted octanol–water partition coefficient (Wildman–Crippen LogP) is 1.90. The molecule has 9 heteroatoms. The van der Waals surface area contributed by atoms with Crippen LogP contribution < -0.4 is 4.90 Å². The first-order valence-corrected chi connectivity index (χ1v) is 8.57. The fourth-order valence-corrected chi connectivity index (χ4v) is 3.54. The van der Waals surface area contributed by atoms with E-state index in [1.54, 1.807) is 54.5 Å². The molecule has 2 aromatic heterocycles. The van der Waals surface area contributed by atoms with Crippen molar-refractivity contribution in [3.63, 3.8) is 0 Å². The Morgan fingerprint density at radius 1 is 1.23 bits per heavy atom. The molecule has 3 aromatic rings. The summed E-state index contributed by atoms with van der Waals surface area (Å²) in [5, 5.41) is 22.9. The Morgan fingerprint density at radius 2 is 2.00 bits per heavy atom. The van der Waals surface area contributed by atoms with Crippen molar-refractivity contribution < 1.29 is 14.7 Å². The van der Waals surface area contributed by atoms with Crippen LogP contribution in [0.4, 0.5) is 5.13 Å². The molecule has 0 bridgehead atoms. The lowest BCUT2D eigenvalue weighted by molar-refractivity contribution is -0.132. The molecular formula is C17H13N5O3S. The number of hydrogen-bond donors (Lipinski definition) is 1. The predicted molar refractivity (Wildman–Crippen MR) is 94.3 cm³/mol. The second-order valence-corrected chi connectivity index (χ2v) is 6.52. The molecule has 0 spiro atoms. The highest BCUT2D eigenvalue weighted by Gasteiger charge is 2.48. The van der Waals surface area contributed by atoms with Gasteiger partial charge in [-0.05, 0) is 0 Å². The Balaban J connectivity index is 1.94. The molecule has 3 heterocycles. The van der Waals surface area contributed by atoms with E-state index in [1.165, 1.54) is 10.4 Å². The minimum Gasteiger partial charge on any atom is -0.507 e. The number of hydrogen-bond acceptors (Lipinski definition) is 7. The van der Waals surface area contributed by atoms with Crippen LogP contribution in [0.15, 0.2) is 53.8 Å². The normalized spacial score (nSPS) is 19.3. The molecule has 1 amide bonds. The topological polar surface area (TPSA) is 101 Å². The first-order chi connectivity index (χ1) is 12.6. The van der Waals surface area contributed by atoms with Gasteiger partial charge in [0.1, 0.15) is 17.3 Å². The molecule has 4 rings (SSSR count). The van der Waals surface area contributed by atoms with E-state index in [4.69, 9.17) is 0 Å². The van der Waals surface area contributed by atoms with Gasteiger partial charge in [-0.1, -0.05) is 41.7 Å². The Hall–Kier alpha value is -3.33. The van der Waals surface area contributed by atoms with Gasteiger partial charge in [-0.3, -0.25) is 19.2 Å². The van der Waals surface area contributed by atoms with Gasteiger partial charge in [0.05, 0.1) is 11.8 Å². The number of ketones is 1. The number of nitrogens with zero attached hydrogens (tertiary/aromatic N) is 5. The Kier molecular flexibility index (Phi) is 3.85. The molecular weight excluding hydrogens is 354 g/mol. The van der Waals surface area contributed by atoms with Crippen molar-refractivity contribution in [2.24, 2.45) is 7.05 Å². The van der Waals surface area contributed by atoms with Crippen LogP contribution in [0.3, 0.4) is 0 Å². The second kappa shape index (κ2) is 6.19. The number of carbonyl (C=O) groups is 2. The number of carbonyl (C=O) groups excluding carboxylic acids is 2. The van der Waals surface area contributed by atoms with E-state index in [9.17, 15) is 14.7 Å². The maximum Gasteiger partial charge on any atom is 0.301 e. The van der Waals surface area contributed by atoms with Crippen molar-refractivity contribution in [1.29, 1.82) is 0 Å². The zero-order valence-corrected chi connectivity index (χ0v) is 14.4. The maximum atomic E-state index is 12.7. The van der Waals surface area contributed by atoms with E-state index in [-0.39, 0.29) is 16.5 Å². The average Bonchev–Trinajstić information content (AvgIpc) is 3.37. The number of aromatic nitrogens is 4. The molecule has 1 fully saturated rings.